The van der Waals surface area contributed by atoms with E-state index in [0.717, 1.165) is 22.6 Å². The number of carboxylic acid groups (broad SMARTS) is 1. The van der Waals surface area contributed by atoms with Crippen LogP contribution in [-0.4, -0.2) is 47.7 Å². The van der Waals surface area contributed by atoms with E-state index in [-0.39, 0.29) is 5.91 Å². The molecule has 0 spiro atoms. The summed E-state index contributed by atoms with van der Waals surface area (Å²) in [5.41, 5.74) is 0.949. The van der Waals surface area contributed by atoms with Crippen LogP contribution in [0.15, 0.2) is 30.3 Å². The van der Waals surface area contributed by atoms with Crippen LogP contribution in [0.4, 0.5) is 0 Å². The Labute approximate surface area is 148 Å². The standard InChI is InChI=1S/C18H17NO5S/c20-17(19-7-1-2-12(19)18(21)22)16-6-5-15(25-16)11-3-4-13-14(10-11)24-9-8-23-13/h3-6,10,12H,1-2,7-9H2,(H,21,22). The second-order valence-corrected chi connectivity index (χ2v) is 7.10. The van der Waals surface area contributed by atoms with Crippen LogP contribution >= 0.6 is 11.3 Å². The number of hydrogen-bond acceptors (Lipinski definition) is 5. The van der Waals surface area contributed by atoms with E-state index in [9.17, 15) is 14.7 Å². The first-order valence-corrected chi connectivity index (χ1v) is 8.99. The molecule has 0 aliphatic carbocycles. The van der Waals surface area contributed by atoms with E-state index < -0.39 is 12.0 Å². The van der Waals surface area contributed by atoms with Gasteiger partial charge in [-0.3, -0.25) is 4.79 Å². The predicted molar refractivity (Wildman–Crippen MR) is 92.4 cm³/mol. The van der Waals surface area contributed by atoms with Crippen LogP contribution in [0.1, 0.15) is 22.5 Å². The van der Waals surface area contributed by atoms with Gasteiger partial charge in [-0.1, -0.05) is 0 Å². The average Bonchev–Trinajstić information content (AvgIpc) is 3.30. The zero-order valence-corrected chi connectivity index (χ0v) is 14.3. The number of rotatable bonds is 3. The van der Waals surface area contributed by atoms with Crippen molar-refractivity contribution in [3.63, 3.8) is 0 Å². The number of amides is 1. The second-order valence-electron chi connectivity index (χ2n) is 6.02. The topological polar surface area (TPSA) is 76.1 Å². The minimum atomic E-state index is -0.936. The normalized spacial score (nSPS) is 19.0. The molecule has 1 unspecified atom stereocenters. The number of thiophene rings is 1. The summed E-state index contributed by atoms with van der Waals surface area (Å²) in [6.07, 6.45) is 1.24. The largest absolute Gasteiger partial charge is 0.486 e. The molecule has 1 fully saturated rings. The quantitative estimate of drug-likeness (QED) is 0.912. The first-order valence-electron chi connectivity index (χ1n) is 8.17. The molecule has 25 heavy (non-hydrogen) atoms. The summed E-state index contributed by atoms with van der Waals surface area (Å²) in [6.45, 7) is 1.56. The summed E-state index contributed by atoms with van der Waals surface area (Å²) in [5.74, 6) is 0.285. The van der Waals surface area contributed by atoms with E-state index in [1.54, 1.807) is 6.07 Å². The van der Waals surface area contributed by atoms with Gasteiger partial charge in [-0.25, -0.2) is 4.79 Å². The summed E-state index contributed by atoms with van der Waals surface area (Å²) in [4.78, 5) is 26.9. The lowest BCUT2D eigenvalue weighted by Crippen LogP contribution is -2.40. The smallest absolute Gasteiger partial charge is 0.326 e. The Hall–Kier alpha value is -2.54. The number of likely N-dealkylation sites (tertiary alicyclic amines) is 1. The highest BCUT2D eigenvalue weighted by Gasteiger charge is 2.34. The maximum atomic E-state index is 12.7. The number of nitrogens with zero attached hydrogens (tertiary/aromatic N) is 1. The van der Waals surface area contributed by atoms with Crippen LogP contribution < -0.4 is 9.47 Å². The van der Waals surface area contributed by atoms with Gasteiger partial charge in [-0.2, -0.15) is 0 Å². The van der Waals surface area contributed by atoms with Crippen LogP contribution in [0.3, 0.4) is 0 Å². The molecule has 4 rings (SSSR count). The van der Waals surface area contributed by atoms with Gasteiger partial charge in [0.05, 0.1) is 4.88 Å². The minimum absolute atomic E-state index is 0.210. The van der Waals surface area contributed by atoms with Crippen LogP contribution in [0, 0.1) is 0 Å². The third-order valence-electron chi connectivity index (χ3n) is 4.44. The minimum Gasteiger partial charge on any atom is -0.486 e. The van der Waals surface area contributed by atoms with Crippen molar-refractivity contribution in [2.45, 2.75) is 18.9 Å². The van der Waals surface area contributed by atoms with Crippen LogP contribution in [0.5, 0.6) is 11.5 Å². The molecule has 0 bridgehead atoms. The van der Waals surface area contributed by atoms with Gasteiger partial charge in [-0.05, 0) is 48.7 Å². The van der Waals surface area contributed by atoms with Crippen LogP contribution in [-0.2, 0) is 4.79 Å². The average molecular weight is 359 g/mol. The monoisotopic (exact) mass is 359 g/mol. The molecule has 1 N–H and O–H groups in total. The van der Waals surface area contributed by atoms with E-state index in [2.05, 4.69) is 0 Å². The van der Waals surface area contributed by atoms with Crippen LogP contribution in [0.2, 0.25) is 0 Å². The molecule has 2 aromatic rings. The molecular weight excluding hydrogens is 342 g/mol. The van der Waals surface area contributed by atoms with Crippen molar-refractivity contribution in [3.05, 3.63) is 35.2 Å². The Morgan fingerprint density at radius 3 is 2.72 bits per heavy atom. The van der Waals surface area contributed by atoms with Gasteiger partial charge in [0.25, 0.3) is 5.91 Å². The van der Waals surface area contributed by atoms with Crippen LogP contribution in [0.25, 0.3) is 10.4 Å². The van der Waals surface area contributed by atoms with Crippen molar-refractivity contribution in [3.8, 4) is 21.9 Å². The number of carbonyl (C=O) groups excluding carboxylic acids is 1. The molecule has 0 saturated carbocycles. The van der Waals surface area contributed by atoms with Crippen molar-refractivity contribution in [1.29, 1.82) is 0 Å². The second kappa shape index (κ2) is 6.40. The van der Waals surface area contributed by atoms with Gasteiger partial charge in [0.15, 0.2) is 11.5 Å². The molecule has 2 aliphatic heterocycles. The lowest BCUT2D eigenvalue weighted by Gasteiger charge is -2.20. The van der Waals surface area contributed by atoms with Gasteiger partial charge < -0.3 is 19.5 Å². The molecule has 1 atom stereocenters. The molecular formula is C18H17NO5S. The Morgan fingerprint density at radius 1 is 1.12 bits per heavy atom. The highest BCUT2D eigenvalue weighted by molar-refractivity contribution is 7.17. The molecule has 7 heteroatoms. The third kappa shape index (κ3) is 2.95. The Bertz CT molecular complexity index is 831. The van der Waals surface area contributed by atoms with Crippen molar-refractivity contribution in [1.82, 2.24) is 4.90 Å². The summed E-state index contributed by atoms with van der Waals surface area (Å²) >= 11 is 1.36. The number of ether oxygens (including phenoxy) is 2. The zero-order valence-electron chi connectivity index (χ0n) is 13.4. The number of carboxylic acids is 1. The molecule has 1 aromatic carbocycles. The summed E-state index contributed by atoms with van der Waals surface area (Å²) in [7, 11) is 0. The highest BCUT2D eigenvalue weighted by atomic mass is 32.1. The molecule has 0 radical (unpaired) electrons. The van der Waals surface area contributed by atoms with Crippen molar-refractivity contribution >= 4 is 23.2 Å². The number of aliphatic carboxylic acids is 1. The number of fused-ring (bicyclic) bond motifs is 1. The predicted octanol–water partition coefficient (Wildman–Crippen LogP) is 2.88. The van der Waals surface area contributed by atoms with Gasteiger partial charge >= 0.3 is 5.97 Å². The van der Waals surface area contributed by atoms with E-state index in [1.165, 1.54) is 16.2 Å². The van der Waals surface area contributed by atoms with E-state index >= 15 is 0 Å². The van der Waals surface area contributed by atoms with Gasteiger partial charge in [-0.15, -0.1) is 11.3 Å². The van der Waals surface area contributed by atoms with Crippen molar-refractivity contribution < 1.29 is 24.2 Å². The fourth-order valence-electron chi connectivity index (χ4n) is 3.21. The fraction of sp³-hybridized carbons (Fsp3) is 0.333. The third-order valence-corrected chi connectivity index (χ3v) is 5.56. The molecule has 130 valence electrons. The van der Waals surface area contributed by atoms with E-state index in [0.29, 0.717) is 36.8 Å². The van der Waals surface area contributed by atoms with Crippen molar-refractivity contribution in [2.24, 2.45) is 0 Å². The summed E-state index contributed by atoms with van der Waals surface area (Å²) in [6, 6.07) is 8.64. The molecule has 1 saturated heterocycles. The molecule has 1 aromatic heterocycles. The number of hydrogen-bond donors (Lipinski definition) is 1. The van der Waals surface area contributed by atoms with E-state index in [4.69, 9.17) is 9.47 Å². The Balaban J connectivity index is 1.58. The first-order chi connectivity index (χ1) is 12.1. The van der Waals surface area contributed by atoms with Gasteiger partial charge in [0.1, 0.15) is 19.3 Å². The van der Waals surface area contributed by atoms with Crippen molar-refractivity contribution in [2.75, 3.05) is 19.8 Å². The lowest BCUT2D eigenvalue weighted by atomic mass is 10.1. The number of benzene rings is 1. The fourth-order valence-corrected chi connectivity index (χ4v) is 4.17. The highest BCUT2D eigenvalue weighted by Crippen LogP contribution is 2.37. The maximum Gasteiger partial charge on any atom is 0.326 e. The molecule has 1 amide bonds. The summed E-state index contributed by atoms with van der Waals surface area (Å²) in [5, 5.41) is 9.26. The molecule has 6 nitrogen and oxygen atoms in total. The van der Waals surface area contributed by atoms with E-state index in [1.807, 2.05) is 24.3 Å². The Morgan fingerprint density at radius 2 is 1.92 bits per heavy atom. The summed E-state index contributed by atoms with van der Waals surface area (Å²) < 4.78 is 11.1. The van der Waals surface area contributed by atoms with Gasteiger partial charge in [0.2, 0.25) is 0 Å². The van der Waals surface area contributed by atoms with Gasteiger partial charge in [0, 0.05) is 11.4 Å². The maximum absolute atomic E-state index is 12.7. The zero-order chi connectivity index (χ0) is 17.4. The molecule has 3 heterocycles. The Kier molecular flexibility index (Phi) is 4.09. The first kappa shape index (κ1) is 16.0. The molecule has 2 aliphatic rings. The number of carbonyl (C=O) groups is 2. The lowest BCUT2D eigenvalue weighted by molar-refractivity contribution is -0.141. The SMILES string of the molecule is O=C(O)C1CCCN1C(=O)c1ccc(-c2ccc3c(c2)OCCO3)s1.